The molecule has 1 aromatic carbocycles. The zero-order chi connectivity index (χ0) is 13.8. The Balaban J connectivity index is 2.35. The van der Waals surface area contributed by atoms with Gasteiger partial charge in [0.15, 0.2) is 0 Å². The number of methoxy groups -OCH3 is 1. The lowest BCUT2D eigenvalue weighted by atomic mass is 10.3. The van der Waals surface area contributed by atoms with Gasteiger partial charge in [0, 0.05) is 19.3 Å². The van der Waals surface area contributed by atoms with E-state index in [9.17, 15) is 4.39 Å². The molecule has 0 fully saturated rings. The summed E-state index contributed by atoms with van der Waals surface area (Å²) in [6, 6.07) is 4.23. The summed E-state index contributed by atoms with van der Waals surface area (Å²) in [7, 11) is 3.21. The summed E-state index contributed by atoms with van der Waals surface area (Å²) in [6.07, 6.45) is 1.62. The molecule has 2 aromatic rings. The van der Waals surface area contributed by atoms with Gasteiger partial charge >= 0.3 is 0 Å². The van der Waals surface area contributed by atoms with Crippen molar-refractivity contribution in [3.05, 3.63) is 34.7 Å². The van der Waals surface area contributed by atoms with Crippen molar-refractivity contribution in [2.45, 2.75) is 0 Å². The van der Waals surface area contributed by atoms with E-state index in [2.05, 4.69) is 36.5 Å². The quantitative estimate of drug-likeness (QED) is 0.903. The zero-order valence-electron chi connectivity index (χ0n) is 10.4. The number of nitrogens with zero attached hydrogens (tertiary/aromatic N) is 2. The first-order valence-corrected chi connectivity index (χ1v) is 6.24. The van der Waals surface area contributed by atoms with Gasteiger partial charge in [-0.05, 0) is 28.1 Å². The summed E-state index contributed by atoms with van der Waals surface area (Å²) >= 11 is 3.35. The first-order valence-electron chi connectivity index (χ1n) is 5.45. The molecule has 1 aromatic heterocycles. The minimum absolute atomic E-state index is 0.361. The first kappa shape index (κ1) is 13.5. The average molecular weight is 327 g/mol. The van der Waals surface area contributed by atoms with E-state index in [-0.39, 0.29) is 5.82 Å². The van der Waals surface area contributed by atoms with Crippen LogP contribution in [0.4, 0.5) is 21.8 Å². The molecule has 0 unspecified atom stereocenters. The largest absolute Gasteiger partial charge is 0.494 e. The molecule has 0 spiro atoms. The van der Waals surface area contributed by atoms with Crippen LogP contribution < -0.4 is 15.4 Å². The molecule has 0 bridgehead atoms. The monoisotopic (exact) mass is 326 g/mol. The van der Waals surface area contributed by atoms with Gasteiger partial charge in [0.2, 0.25) is 5.95 Å². The fourth-order valence-electron chi connectivity index (χ4n) is 1.47. The molecular formula is C12H12BrFN4O. The topological polar surface area (TPSA) is 59.1 Å². The van der Waals surface area contributed by atoms with Gasteiger partial charge in [0.05, 0.1) is 17.3 Å². The molecule has 0 amide bonds. The van der Waals surface area contributed by atoms with E-state index >= 15 is 0 Å². The Hall–Kier alpha value is -1.89. The number of rotatable bonds is 4. The molecule has 7 heteroatoms. The van der Waals surface area contributed by atoms with Crippen LogP contribution in [0.25, 0.3) is 0 Å². The summed E-state index contributed by atoms with van der Waals surface area (Å²) < 4.78 is 18.9. The second-order valence-electron chi connectivity index (χ2n) is 3.61. The highest BCUT2D eigenvalue weighted by Gasteiger charge is 2.09. The Bertz CT molecular complexity index is 594. The molecule has 0 saturated carbocycles. The average Bonchev–Trinajstić information content (AvgIpc) is 2.43. The standard InChI is InChI=1S/C12H12BrFN4O/c1-15-12-16-6-8(13)11(18-12)17-9-4-3-7(14)5-10(9)19-2/h3-6H,1-2H3,(H2,15,16,17,18). The van der Waals surface area contributed by atoms with E-state index in [1.54, 1.807) is 19.3 Å². The number of hydrogen-bond donors (Lipinski definition) is 2. The lowest BCUT2D eigenvalue weighted by Crippen LogP contribution is -2.02. The maximum atomic E-state index is 13.1. The highest BCUT2D eigenvalue weighted by Crippen LogP contribution is 2.30. The van der Waals surface area contributed by atoms with Gasteiger partial charge in [0.1, 0.15) is 17.4 Å². The predicted octanol–water partition coefficient (Wildman–Crippen LogP) is 3.17. The van der Waals surface area contributed by atoms with Crippen LogP contribution in [-0.2, 0) is 0 Å². The molecule has 19 heavy (non-hydrogen) atoms. The smallest absolute Gasteiger partial charge is 0.224 e. The minimum atomic E-state index is -0.361. The summed E-state index contributed by atoms with van der Waals surface area (Å²) in [5, 5.41) is 5.91. The number of nitrogens with one attached hydrogen (secondary N) is 2. The van der Waals surface area contributed by atoms with Gasteiger partial charge in [-0.15, -0.1) is 0 Å². The first-order chi connectivity index (χ1) is 9.13. The van der Waals surface area contributed by atoms with Gasteiger partial charge in [-0.3, -0.25) is 0 Å². The predicted molar refractivity (Wildman–Crippen MR) is 75.5 cm³/mol. The number of ether oxygens (including phenoxy) is 1. The zero-order valence-corrected chi connectivity index (χ0v) is 12.0. The molecule has 0 radical (unpaired) electrons. The second kappa shape index (κ2) is 5.83. The number of anilines is 3. The van der Waals surface area contributed by atoms with Gasteiger partial charge in [-0.2, -0.15) is 4.98 Å². The van der Waals surface area contributed by atoms with Crippen molar-refractivity contribution in [1.29, 1.82) is 0 Å². The third-order valence-electron chi connectivity index (χ3n) is 2.38. The van der Waals surface area contributed by atoms with E-state index in [1.807, 2.05) is 0 Å². The highest BCUT2D eigenvalue weighted by molar-refractivity contribution is 9.10. The Labute approximate surface area is 118 Å². The van der Waals surface area contributed by atoms with Gasteiger partial charge in [0.25, 0.3) is 0 Å². The Morgan fingerprint density at radius 1 is 1.37 bits per heavy atom. The van der Waals surface area contributed by atoms with Crippen LogP contribution in [0.3, 0.4) is 0 Å². The number of benzene rings is 1. The molecule has 2 N–H and O–H groups in total. The van der Waals surface area contributed by atoms with E-state index in [4.69, 9.17) is 4.74 Å². The molecule has 1 heterocycles. The third kappa shape index (κ3) is 3.11. The Kier molecular flexibility index (Phi) is 4.16. The van der Waals surface area contributed by atoms with Crippen molar-refractivity contribution in [3.63, 3.8) is 0 Å². The van der Waals surface area contributed by atoms with Crippen LogP contribution >= 0.6 is 15.9 Å². The normalized spacial score (nSPS) is 10.1. The number of hydrogen-bond acceptors (Lipinski definition) is 5. The van der Waals surface area contributed by atoms with Crippen molar-refractivity contribution in [1.82, 2.24) is 9.97 Å². The van der Waals surface area contributed by atoms with Crippen LogP contribution in [0.15, 0.2) is 28.9 Å². The summed E-state index contributed by atoms with van der Waals surface area (Å²) in [6.45, 7) is 0. The summed E-state index contributed by atoms with van der Waals surface area (Å²) in [5.41, 5.74) is 0.616. The van der Waals surface area contributed by atoms with E-state index in [0.717, 1.165) is 0 Å². The van der Waals surface area contributed by atoms with Crippen LogP contribution in [0.1, 0.15) is 0 Å². The summed E-state index contributed by atoms with van der Waals surface area (Å²) in [4.78, 5) is 8.31. The third-order valence-corrected chi connectivity index (χ3v) is 2.96. The number of aromatic nitrogens is 2. The highest BCUT2D eigenvalue weighted by atomic mass is 79.9. The molecule has 0 aliphatic rings. The molecule has 5 nitrogen and oxygen atoms in total. The van der Waals surface area contributed by atoms with Gasteiger partial charge in [-0.1, -0.05) is 0 Å². The van der Waals surface area contributed by atoms with E-state index < -0.39 is 0 Å². The van der Waals surface area contributed by atoms with Gasteiger partial charge in [-0.25, -0.2) is 9.37 Å². The van der Waals surface area contributed by atoms with Crippen LogP contribution in [0.5, 0.6) is 5.75 Å². The fraction of sp³-hybridized carbons (Fsp3) is 0.167. The molecule has 0 saturated heterocycles. The van der Waals surface area contributed by atoms with Crippen LogP contribution in [-0.4, -0.2) is 24.1 Å². The Morgan fingerprint density at radius 2 is 2.16 bits per heavy atom. The maximum Gasteiger partial charge on any atom is 0.224 e. The van der Waals surface area contributed by atoms with E-state index in [1.165, 1.54) is 19.2 Å². The molecule has 100 valence electrons. The second-order valence-corrected chi connectivity index (χ2v) is 4.46. The Morgan fingerprint density at radius 3 is 2.84 bits per heavy atom. The van der Waals surface area contributed by atoms with Crippen molar-refractivity contribution >= 4 is 33.4 Å². The molecule has 0 aliphatic heterocycles. The van der Waals surface area contributed by atoms with Crippen LogP contribution in [0.2, 0.25) is 0 Å². The number of halogens is 2. The lowest BCUT2D eigenvalue weighted by molar-refractivity contribution is 0.413. The van der Waals surface area contributed by atoms with E-state index in [0.29, 0.717) is 27.7 Å². The molecule has 2 rings (SSSR count). The van der Waals surface area contributed by atoms with Crippen molar-refractivity contribution in [2.75, 3.05) is 24.8 Å². The lowest BCUT2D eigenvalue weighted by Gasteiger charge is -2.12. The molecule has 0 aliphatic carbocycles. The minimum Gasteiger partial charge on any atom is -0.494 e. The van der Waals surface area contributed by atoms with Crippen molar-refractivity contribution in [2.24, 2.45) is 0 Å². The fourth-order valence-corrected chi connectivity index (χ4v) is 1.76. The summed E-state index contributed by atoms with van der Waals surface area (Å²) in [5.74, 6) is 1.08. The molecular weight excluding hydrogens is 315 g/mol. The van der Waals surface area contributed by atoms with Crippen molar-refractivity contribution < 1.29 is 9.13 Å². The molecule has 0 atom stereocenters. The van der Waals surface area contributed by atoms with Gasteiger partial charge < -0.3 is 15.4 Å². The van der Waals surface area contributed by atoms with Crippen molar-refractivity contribution in [3.8, 4) is 5.75 Å². The maximum absolute atomic E-state index is 13.1. The SMILES string of the molecule is CNc1ncc(Br)c(Nc2ccc(F)cc2OC)n1. The van der Waals surface area contributed by atoms with Crippen LogP contribution in [0, 0.1) is 5.82 Å².